The fraction of sp³-hybridized carbons (Fsp3) is 0.591. The second-order valence-corrected chi connectivity index (χ2v) is 7.44. The maximum absolute atomic E-state index is 5.44. The Morgan fingerprint density at radius 2 is 1.83 bits per heavy atom. The van der Waals surface area contributed by atoms with E-state index in [0.29, 0.717) is 13.1 Å². The van der Waals surface area contributed by atoms with E-state index in [9.17, 15) is 0 Å². The van der Waals surface area contributed by atoms with E-state index in [2.05, 4.69) is 56.6 Å². The summed E-state index contributed by atoms with van der Waals surface area (Å²) in [6.07, 6.45) is 8.85. The minimum Gasteiger partial charge on any atom is -0.361 e. The molecule has 2 aromatic heterocycles. The lowest BCUT2D eigenvalue weighted by molar-refractivity contribution is 0.380. The highest BCUT2D eigenvalue weighted by Crippen LogP contribution is 2.18. The molecule has 0 amide bonds. The molecule has 158 valence electrons. The average Bonchev–Trinajstić information content (AvgIpc) is 2.96. The zero-order valence-electron chi connectivity index (χ0n) is 18.0. The summed E-state index contributed by atoms with van der Waals surface area (Å²) >= 11 is 0. The Morgan fingerprint density at radius 1 is 1.07 bits per heavy atom. The average molecular weight is 399 g/mol. The third kappa shape index (κ3) is 5.71. The summed E-state index contributed by atoms with van der Waals surface area (Å²) in [5.74, 6) is 2.79. The van der Waals surface area contributed by atoms with Gasteiger partial charge in [0.1, 0.15) is 11.6 Å². The van der Waals surface area contributed by atoms with Crippen molar-refractivity contribution >= 4 is 11.8 Å². The zero-order chi connectivity index (χ0) is 20.5. The molecule has 29 heavy (non-hydrogen) atoms. The fourth-order valence-corrected chi connectivity index (χ4v) is 3.72. The summed E-state index contributed by atoms with van der Waals surface area (Å²) in [7, 11) is 1.78. The predicted octanol–water partition coefficient (Wildman–Crippen LogP) is 3.44. The van der Waals surface area contributed by atoms with Crippen LogP contribution >= 0.6 is 0 Å². The SMILES string of the molecule is CCc1noc(CC)c1CNC(=NC)NCc1ccc(N2CCCCCC2)nc1. The minimum atomic E-state index is 0.654. The van der Waals surface area contributed by atoms with Gasteiger partial charge in [-0.2, -0.15) is 0 Å². The number of guanidine groups is 1. The van der Waals surface area contributed by atoms with Crippen LogP contribution in [0.5, 0.6) is 0 Å². The normalized spacial score (nSPS) is 15.3. The molecule has 0 radical (unpaired) electrons. The Hall–Kier alpha value is -2.57. The van der Waals surface area contributed by atoms with Crippen molar-refractivity contribution in [3.05, 3.63) is 40.9 Å². The first-order valence-electron chi connectivity index (χ1n) is 10.9. The van der Waals surface area contributed by atoms with E-state index >= 15 is 0 Å². The van der Waals surface area contributed by atoms with Crippen LogP contribution in [0.15, 0.2) is 27.8 Å². The van der Waals surface area contributed by atoms with Gasteiger partial charge in [-0.25, -0.2) is 4.98 Å². The first kappa shape index (κ1) is 21.1. The third-order valence-corrected chi connectivity index (χ3v) is 5.46. The fourth-order valence-electron chi connectivity index (χ4n) is 3.72. The van der Waals surface area contributed by atoms with Crippen molar-refractivity contribution < 1.29 is 4.52 Å². The monoisotopic (exact) mass is 398 g/mol. The number of hydrogen-bond donors (Lipinski definition) is 2. The summed E-state index contributed by atoms with van der Waals surface area (Å²) in [5, 5.41) is 10.9. The molecule has 0 aromatic carbocycles. The molecule has 2 aromatic rings. The molecule has 1 aliphatic heterocycles. The maximum Gasteiger partial charge on any atom is 0.191 e. The largest absolute Gasteiger partial charge is 0.361 e. The van der Waals surface area contributed by atoms with E-state index in [1.807, 2.05) is 6.20 Å². The van der Waals surface area contributed by atoms with Crippen LogP contribution in [0.25, 0.3) is 0 Å². The summed E-state index contributed by atoms with van der Waals surface area (Å²) in [6.45, 7) is 7.74. The third-order valence-electron chi connectivity index (χ3n) is 5.46. The van der Waals surface area contributed by atoms with Gasteiger partial charge in [0.2, 0.25) is 0 Å². The Kier molecular flexibility index (Phi) is 7.90. The summed E-state index contributed by atoms with van der Waals surface area (Å²) < 4.78 is 5.44. The summed E-state index contributed by atoms with van der Waals surface area (Å²) in [6, 6.07) is 4.29. The summed E-state index contributed by atoms with van der Waals surface area (Å²) in [4.78, 5) is 11.4. The highest BCUT2D eigenvalue weighted by atomic mass is 16.5. The lowest BCUT2D eigenvalue weighted by Gasteiger charge is -2.21. The van der Waals surface area contributed by atoms with Gasteiger partial charge in [-0.3, -0.25) is 4.99 Å². The Morgan fingerprint density at radius 3 is 2.45 bits per heavy atom. The molecule has 2 N–H and O–H groups in total. The standard InChI is InChI=1S/C22H34N6O/c1-4-19-18(20(5-2)29-27-19)16-26-22(23-3)25-15-17-10-11-21(24-14-17)28-12-8-6-7-9-13-28/h10-11,14H,4-9,12-13,15-16H2,1-3H3,(H2,23,25,26). The van der Waals surface area contributed by atoms with Crippen molar-refractivity contribution in [2.75, 3.05) is 25.0 Å². The van der Waals surface area contributed by atoms with Gasteiger partial charge in [0.05, 0.1) is 5.69 Å². The molecule has 0 saturated carbocycles. The second kappa shape index (κ2) is 10.8. The second-order valence-electron chi connectivity index (χ2n) is 7.44. The van der Waals surface area contributed by atoms with Crippen LogP contribution < -0.4 is 15.5 Å². The molecule has 7 nitrogen and oxygen atoms in total. The van der Waals surface area contributed by atoms with Crippen molar-refractivity contribution in [3.8, 4) is 0 Å². The number of rotatable bonds is 7. The van der Waals surface area contributed by atoms with Gasteiger partial charge in [0.25, 0.3) is 0 Å². The van der Waals surface area contributed by atoms with E-state index < -0.39 is 0 Å². The molecule has 3 rings (SSSR count). The van der Waals surface area contributed by atoms with E-state index in [1.54, 1.807) is 7.05 Å². The smallest absolute Gasteiger partial charge is 0.191 e. The molecule has 0 spiro atoms. The van der Waals surface area contributed by atoms with Gasteiger partial charge >= 0.3 is 0 Å². The lowest BCUT2D eigenvalue weighted by Crippen LogP contribution is -2.36. The molecule has 1 saturated heterocycles. The van der Waals surface area contributed by atoms with Crippen LogP contribution in [0.1, 0.15) is 62.1 Å². The molecule has 0 bridgehead atoms. The summed E-state index contributed by atoms with van der Waals surface area (Å²) in [5.41, 5.74) is 3.29. The predicted molar refractivity (Wildman–Crippen MR) is 117 cm³/mol. The van der Waals surface area contributed by atoms with Crippen molar-refractivity contribution in [1.82, 2.24) is 20.8 Å². The van der Waals surface area contributed by atoms with E-state index in [4.69, 9.17) is 4.52 Å². The van der Waals surface area contributed by atoms with Crippen molar-refractivity contribution in [2.45, 2.75) is 65.5 Å². The van der Waals surface area contributed by atoms with Crippen molar-refractivity contribution in [3.63, 3.8) is 0 Å². The number of anilines is 1. The minimum absolute atomic E-state index is 0.654. The number of pyridine rings is 1. The van der Waals surface area contributed by atoms with Crippen LogP contribution in [0.2, 0.25) is 0 Å². The Labute approximate surface area is 174 Å². The van der Waals surface area contributed by atoms with Crippen LogP contribution in [0.3, 0.4) is 0 Å². The van der Waals surface area contributed by atoms with Gasteiger partial charge in [0.15, 0.2) is 5.96 Å². The van der Waals surface area contributed by atoms with Crippen molar-refractivity contribution in [2.24, 2.45) is 4.99 Å². The molecular formula is C22H34N6O. The quantitative estimate of drug-likeness (QED) is 0.549. The molecule has 0 unspecified atom stereocenters. The molecule has 3 heterocycles. The first-order chi connectivity index (χ1) is 14.2. The molecule has 0 aliphatic carbocycles. The van der Waals surface area contributed by atoms with Crippen LogP contribution in [-0.2, 0) is 25.9 Å². The molecule has 1 aliphatic rings. The van der Waals surface area contributed by atoms with Crippen LogP contribution in [0.4, 0.5) is 5.82 Å². The Bertz CT molecular complexity index is 754. The number of aromatic nitrogens is 2. The molecule has 7 heteroatoms. The van der Waals surface area contributed by atoms with E-state index in [1.165, 1.54) is 25.7 Å². The number of nitrogens with one attached hydrogen (secondary N) is 2. The topological polar surface area (TPSA) is 78.6 Å². The maximum atomic E-state index is 5.44. The van der Waals surface area contributed by atoms with E-state index in [-0.39, 0.29) is 0 Å². The molecule has 1 fully saturated rings. The van der Waals surface area contributed by atoms with Gasteiger partial charge in [0, 0.05) is 51.4 Å². The first-order valence-corrected chi connectivity index (χ1v) is 10.9. The number of aliphatic imine (C=N–C) groups is 1. The highest BCUT2D eigenvalue weighted by molar-refractivity contribution is 5.79. The van der Waals surface area contributed by atoms with E-state index in [0.717, 1.165) is 60.3 Å². The van der Waals surface area contributed by atoms with Crippen LogP contribution in [0, 0.1) is 0 Å². The number of aryl methyl sites for hydroxylation is 2. The Balaban J connectivity index is 1.52. The highest BCUT2D eigenvalue weighted by Gasteiger charge is 2.14. The number of hydrogen-bond acceptors (Lipinski definition) is 5. The van der Waals surface area contributed by atoms with Gasteiger partial charge in [-0.15, -0.1) is 0 Å². The molecule has 0 atom stereocenters. The van der Waals surface area contributed by atoms with Crippen LogP contribution in [-0.4, -0.2) is 36.2 Å². The van der Waals surface area contributed by atoms with Gasteiger partial charge in [-0.05, 0) is 30.9 Å². The lowest BCUT2D eigenvalue weighted by atomic mass is 10.1. The van der Waals surface area contributed by atoms with Gasteiger partial charge < -0.3 is 20.1 Å². The molecular weight excluding hydrogens is 364 g/mol. The number of nitrogens with zero attached hydrogens (tertiary/aromatic N) is 4. The van der Waals surface area contributed by atoms with Crippen molar-refractivity contribution in [1.29, 1.82) is 0 Å². The van der Waals surface area contributed by atoms with Gasteiger partial charge in [-0.1, -0.05) is 37.9 Å². The zero-order valence-corrected chi connectivity index (χ0v) is 18.0.